The number of aryl methyl sites for hydroxylation is 2. The van der Waals surface area contributed by atoms with E-state index in [2.05, 4.69) is 22.2 Å². The monoisotopic (exact) mass is 253 g/mol. The van der Waals surface area contributed by atoms with Gasteiger partial charge in [-0.05, 0) is 32.1 Å². The van der Waals surface area contributed by atoms with Crippen LogP contribution in [0.2, 0.25) is 5.15 Å². The summed E-state index contributed by atoms with van der Waals surface area (Å²) in [5.41, 5.74) is 1.84. The van der Waals surface area contributed by atoms with Crippen molar-refractivity contribution in [1.29, 1.82) is 0 Å². The first-order valence-electron chi connectivity index (χ1n) is 6.32. The standard InChI is InChI=1S/C13H20ClN3/c1-8-5-4-6-11(8)7-15-13-12(14)16-9(2)10(3)17-13/h8,11H,4-7H2,1-3H3,(H,15,17). The average molecular weight is 254 g/mol. The number of anilines is 1. The second-order valence-corrected chi connectivity index (χ2v) is 5.44. The first-order chi connectivity index (χ1) is 8.08. The smallest absolute Gasteiger partial charge is 0.171 e. The number of aromatic nitrogens is 2. The van der Waals surface area contributed by atoms with Gasteiger partial charge in [0.2, 0.25) is 0 Å². The zero-order chi connectivity index (χ0) is 12.4. The van der Waals surface area contributed by atoms with Crippen LogP contribution in [0.25, 0.3) is 0 Å². The van der Waals surface area contributed by atoms with E-state index in [-0.39, 0.29) is 0 Å². The molecule has 1 aromatic heterocycles. The van der Waals surface area contributed by atoms with Gasteiger partial charge in [0.15, 0.2) is 11.0 Å². The molecule has 1 aliphatic carbocycles. The van der Waals surface area contributed by atoms with Crippen LogP contribution in [0.15, 0.2) is 0 Å². The highest BCUT2D eigenvalue weighted by Gasteiger charge is 2.23. The summed E-state index contributed by atoms with van der Waals surface area (Å²) in [6.07, 6.45) is 4.00. The summed E-state index contributed by atoms with van der Waals surface area (Å²) in [5.74, 6) is 2.28. The second-order valence-electron chi connectivity index (χ2n) is 5.08. The molecule has 1 N–H and O–H groups in total. The maximum Gasteiger partial charge on any atom is 0.171 e. The zero-order valence-electron chi connectivity index (χ0n) is 10.8. The first kappa shape index (κ1) is 12.6. The van der Waals surface area contributed by atoms with Crippen molar-refractivity contribution in [3.63, 3.8) is 0 Å². The number of nitrogens with zero attached hydrogens (tertiary/aromatic N) is 2. The van der Waals surface area contributed by atoms with Gasteiger partial charge in [0.1, 0.15) is 0 Å². The molecule has 2 atom stereocenters. The maximum absolute atomic E-state index is 6.09. The molecule has 3 nitrogen and oxygen atoms in total. The molecule has 0 amide bonds. The maximum atomic E-state index is 6.09. The van der Waals surface area contributed by atoms with Gasteiger partial charge in [-0.3, -0.25) is 0 Å². The number of rotatable bonds is 3. The van der Waals surface area contributed by atoms with E-state index < -0.39 is 0 Å². The Morgan fingerprint density at radius 3 is 2.59 bits per heavy atom. The fraction of sp³-hybridized carbons (Fsp3) is 0.692. The molecule has 0 aromatic carbocycles. The van der Waals surface area contributed by atoms with Crippen LogP contribution in [0.5, 0.6) is 0 Å². The van der Waals surface area contributed by atoms with Crippen LogP contribution in [0.4, 0.5) is 5.82 Å². The molecule has 17 heavy (non-hydrogen) atoms. The zero-order valence-corrected chi connectivity index (χ0v) is 11.5. The van der Waals surface area contributed by atoms with Crippen LogP contribution in [0.3, 0.4) is 0 Å². The highest BCUT2D eigenvalue weighted by molar-refractivity contribution is 6.31. The molecule has 0 bridgehead atoms. The summed E-state index contributed by atoms with van der Waals surface area (Å²) >= 11 is 6.09. The Labute approximate surface area is 108 Å². The summed E-state index contributed by atoms with van der Waals surface area (Å²) in [7, 11) is 0. The summed E-state index contributed by atoms with van der Waals surface area (Å²) in [6, 6.07) is 0. The van der Waals surface area contributed by atoms with Crippen LogP contribution in [-0.2, 0) is 0 Å². The number of hydrogen-bond donors (Lipinski definition) is 1. The van der Waals surface area contributed by atoms with Crippen molar-refractivity contribution >= 4 is 17.4 Å². The Morgan fingerprint density at radius 2 is 1.94 bits per heavy atom. The van der Waals surface area contributed by atoms with Crippen LogP contribution in [0.1, 0.15) is 37.6 Å². The van der Waals surface area contributed by atoms with E-state index in [9.17, 15) is 0 Å². The van der Waals surface area contributed by atoms with E-state index in [4.69, 9.17) is 11.6 Å². The minimum Gasteiger partial charge on any atom is -0.367 e. The number of hydrogen-bond acceptors (Lipinski definition) is 3. The molecule has 2 unspecified atom stereocenters. The number of nitrogens with one attached hydrogen (secondary N) is 1. The molecule has 0 aliphatic heterocycles. The molecular formula is C13H20ClN3. The lowest BCUT2D eigenvalue weighted by atomic mass is 9.98. The topological polar surface area (TPSA) is 37.8 Å². The Bertz CT molecular complexity index is 406. The molecular weight excluding hydrogens is 234 g/mol. The largest absolute Gasteiger partial charge is 0.367 e. The third kappa shape index (κ3) is 2.89. The van der Waals surface area contributed by atoms with Crippen molar-refractivity contribution < 1.29 is 0 Å². The molecule has 0 spiro atoms. The van der Waals surface area contributed by atoms with Gasteiger partial charge in [0, 0.05) is 6.54 Å². The van der Waals surface area contributed by atoms with E-state index >= 15 is 0 Å². The quantitative estimate of drug-likeness (QED) is 0.895. The number of halogens is 1. The van der Waals surface area contributed by atoms with Crippen LogP contribution in [0, 0.1) is 25.7 Å². The summed E-state index contributed by atoms with van der Waals surface area (Å²) in [5, 5.41) is 3.83. The summed E-state index contributed by atoms with van der Waals surface area (Å²) in [6.45, 7) is 7.17. The Hall–Kier alpha value is -0.830. The lowest BCUT2D eigenvalue weighted by molar-refractivity contribution is 0.439. The van der Waals surface area contributed by atoms with Crippen molar-refractivity contribution in [1.82, 2.24) is 9.97 Å². The predicted octanol–water partition coefficient (Wildman–Crippen LogP) is 3.59. The van der Waals surface area contributed by atoms with Gasteiger partial charge >= 0.3 is 0 Å². The summed E-state index contributed by atoms with van der Waals surface area (Å²) < 4.78 is 0. The van der Waals surface area contributed by atoms with Gasteiger partial charge in [-0.25, -0.2) is 9.97 Å². The lowest BCUT2D eigenvalue weighted by Crippen LogP contribution is -2.17. The van der Waals surface area contributed by atoms with E-state index in [1.54, 1.807) is 0 Å². The minimum atomic E-state index is 0.485. The van der Waals surface area contributed by atoms with Gasteiger partial charge in [0.25, 0.3) is 0 Å². The molecule has 1 heterocycles. The normalized spacial score (nSPS) is 24.0. The van der Waals surface area contributed by atoms with E-state index in [0.717, 1.165) is 35.6 Å². The van der Waals surface area contributed by atoms with Gasteiger partial charge in [-0.1, -0.05) is 31.4 Å². The molecule has 0 radical (unpaired) electrons. The third-order valence-corrected chi connectivity index (χ3v) is 4.10. The highest BCUT2D eigenvalue weighted by Crippen LogP contribution is 2.31. The van der Waals surface area contributed by atoms with Gasteiger partial charge in [0.05, 0.1) is 11.4 Å². The van der Waals surface area contributed by atoms with Crippen molar-refractivity contribution in [2.45, 2.75) is 40.0 Å². The molecule has 1 saturated carbocycles. The average Bonchev–Trinajstić information content (AvgIpc) is 2.68. The van der Waals surface area contributed by atoms with Gasteiger partial charge in [-0.2, -0.15) is 0 Å². The Balaban J connectivity index is 2.01. The fourth-order valence-corrected chi connectivity index (χ4v) is 2.68. The minimum absolute atomic E-state index is 0.485. The van der Waals surface area contributed by atoms with Gasteiger partial charge < -0.3 is 5.32 Å². The van der Waals surface area contributed by atoms with Crippen LogP contribution in [-0.4, -0.2) is 16.5 Å². The molecule has 2 rings (SSSR count). The fourth-order valence-electron chi connectivity index (χ4n) is 2.44. The second kappa shape index (κ2) is 5.21. The molecule has 94 valence electrons. The molecule has 1 aromatic rings. The van der Waals surface area contributed by atoms with Crippen molar-refractivity contribution in [2.24, 2.45) is 11.8 Å². The molecule has 4 heteroatoms. The van der Waals surface area contributed by atoms with E-state index in [1.807, 2.05) is 13.8 Å². The Kier molecular flexibility index (Phi) is 3.87. The van der Waals surface area contributed by atoms with E-state index in [0.29, 0.717) is 5.15 Å². The lowest BCUT2D eigenvalue weighted by Gasteiger charge is -2.17. The molecule has 1 aliphatic rings. The van der Waals surface area contributed by atoms with Crippen molar-refractivity contribution in [3.05, 3.63) is 16.5 Å². The molecule has 0 saturated heterocycles. The van der Waals surface area contributed by atoms with Crippen molar-refractivity contribution in [3.8, 4) is 0 Å². The SMILES string of the molecule is Cc1nc(Cl)c(NCC2CCCC2C)nc1C. The van der Waals surface area contributed by atoms with E-state index in [1.165, 1.54) is 19.3 Å². The predicted molar refractivity (Wildman–Crippen MR) is 71.5 cm³/mol. The third-order valence-electron chi connectivity index (χ3n) is 3.84. The van der Waals surface area contributed by atoms with Crippen LogP contribution >= 0.6 is 11.6 Å². The van der Waals surface area contributed by atoms with Crippen molar-refractivity contribution in [2.75, 3.05) is 11.9 Å². The summed E-state index contributed by atoms with van der Waals surface area (Å²) in [4.78, 5) is 8.73. The Morgan fingerprint density at radius 1 is 1.24 bits per heavy atom. The highest BCUT2D eigenvalue weighted by atomic mass is 35.5. The van der Waals surface area contributed by atoms with Crippen LogP contribution < -0.4 is 5.32 Å². The first-order valence-corrected chi connectivity index (χ1v) is 6.70. The molecule has 1 fully saturated rings. The van der Waals surface area contributed by atoms with Gasteiger partial charge in [-0.15, -0.1) is 0 Å².